The first kappa shape index (κ1) is 48.0. The molecule has 0 radical (unpaired) electrons. The fourth-order valence-corrected chi connectivity index (χ4v) is 12.1. The highest BCUT2D eigenvalue weighted by Gasteiger charge is 2.49. The molecule has 0 amide bonds. The second-order valence-electron chi connectivity index (χ2n) is 27.0. The van der Waals surface area contributed by atoms with E-state index >= 15 is 0 Å². The molecule has 7 aromatic carbocycles. The van der Waals surface area contributed by atoms with Gasteiger partial charge >= 0.3 is 0 Å². The Kier molecular flexibility index (Phi) is 10.8. The first-order valence-corrected chi connectivity index (χ1v) is 26.7. The minimum Gasteiger partial charge on any atom is -0.440 e. The average molecular weight is 947 g/mol. The molecular weight excluding hydrogens is 872 g/mol. The van der Waals surface area contributed by atoms with Crippen LogP contribution in [0.2, 0.25) is 0 Å². The van der Waals surface area contributed by atoms with Crippen LogP contribution in [0, 0.1) is 0 Å². The molecule has 0 spiro atoms. The third-order valence-electron chi connectivity index (χ3n) is 16.8. The minimum atomic E-state index is -0.185. The second kappa shape index (κ2) is 16.1. The van der Waals surface area contributed by atoms with Crippen molar-refractivity contribution in [2.24, 2.45) is 0 Å². The predicted octanol–water partition coefficient (Wildman–Crippen LogP) is 17.4. The van der Waals surface area contributed by atoms with E-state index in [1.54, 1.807) is 0 Å². The monoisotopic (exact) mass is 947 g/mol. The molecule has 72 heavy (non-hydrogen) atoms. The van der Waals surface area contributed by atoms with Gasteiger partial charge in [0.2, 0.25) is 5.88 Å². The van der Waals surface area contributed by atoms with Crippen molar-refractivity contribution in [1.82, 2.24) is 0 Å². The zero-order valence-electron chi connectivity index (χ0n) is 46.1. The molecule has 0 saturated heterocycles. The van der Waals surface area contributed by atoms with Gasteiger partial charge in [-0.3, -0.25) is 4.90 Å². The van der Waals surface area contributed by atoms with E-state index in [9.17, 15) is 0 Å². The topological polar surface area (TPSA) is 19.6 Å². The molecule has 1 aliphatic carbocycles. The standard InChI is InChI=1S/C68H75BN2O/c1-63(2,3)44-27-30-48(31-28-44)70-56-38-47(66(10,11)12)39-57-60(56)69(59-51-40-52-53(41-58(51)72-62(59)70)68(15,16)34-33-67(52,13)14)54-37-45(64(4,5)6)29-32-55(54)71(57)61-49(42-23-19-17-20-24-42)35-46(65(7,8)9)36-50(61)43-25-21-18-22-26-43/h17-32,35-41H,33-34H2,1-16H3. The Balaban J connectivity index is 1.34. The Morgan fingerprint density at radius 1 is 0.444 bits per heavy atom. The summed E-state index contributed by atoms with van der Waals surface area (Å²) in [5, 5.41) is 1.22. The Labute approximate surface area is 431 Å². The fourth-order valence-electron chi connectivity index (χ4n) is 12.1. The molecule has 2 aliphatic heterocycles. The van der Waals surface area contributed by atoms with E-state index in [1.165, 1.54) is 100 Å². The minimum absolute atomic E-state index is 0.00444. The van der Waals surface area contributed by atoms with Gasteiger partial charge in [0.1, 0.15) is 5.58 Å². The zero-order valence-corrected chi connectivity index (χ0v) is 46.1. The van der Waals surface area contributed by atoms with Crippen molar-refractivity contribution < 1.29 is 4.42 Å². The number of benzene rings is 7. The van der Waals surface area contributed by atoms with Gasteiger partial charge in [-0.2, -0.15) is 0 Å². The summed E-state index contributed by atoms with van der Waals surface area (Å²) in [6, 6.07) is 54.1. The summed E-state index contributed by atoms with van der Waals surface area (Å²) in [5.74, 6) is 0.922. The van der Waals surface area contributed by atoms with Gasteiger partial charge in [0.15, 0.2) is 0 Å². The number of fused-ring (bicyclic) bond motifs is 7. The molecule has 3 aliphatic rings. The van der Waals surface area contributed by atoms with Crippen LogP contribution in [0.25, 0.3) is 33.2 Å². The van der Waals surface area contributed by atoms with Gasteiger partial charge in [0, 0.05) is 44.7 Å². The van der Waals surface area contributed by atoms with Crippen LogP contribution < -0.4 is 26.2 Å². The van der Waals surface area contributed by atoms with E-state index < -0.39 is 0 Å². The van der Waals surface area contributed by atoms with Crippen LogP contribution in [0.1, 0.15) is 157 Å². The molecule has 0 unspecified atom stereocenters. The van der Waals surface area contributed by atoms with Gasteiger partial charge in [0.25, 0.3) is 6.71 Å². The lowest BCUT2D eigenvalue weighted by Gasteiger charge is -2.45. The maximum atomic E-state index is 7.60. The third kappa shape index (κ3) is 7.77. The summed E-state index contributed by atoms with van der Waals surface area (Å²) in [6.45, 7) is 37.8. The van der Waals surface area contributed by atoms with E-state index in [1.807, 2.05) is 0 Å². The zero-order chi connectivity index (χ0) is 51.2. The number of furan rings is 1. The average Bonchev–Trinajstić information content (AvgIpc) is 3.69. The van der Waals surface area contributed by atoms with Crippen LogP contribution in [0.15, 0.2) is 144 Å². The molecule has 8 aromatic rings. The van der Waals surface area contributed by atoms with Gasteiger partial charge in [0.05, 0.1) is 5.69 Å². The largest absolute Gasteiger partial charge is 0.440 e. The van der Waals surface area contributed by atoms with Crippen LogP contribution in [-0.2, 0) is 32.5 Å². The molecule has 0 N–H and O–H groups in total. The van der Waals surface area contributed by atoms with E-state index in [0.717, 1.165) is 30.0 Å². The Bertz CT molecular complexity index is 3370. The van der Waals surface area contributed by atoms with E-state index in [4.69, 9.17) is 4.42 Å². The lowest BCUT2D eigenvalue weighted by Crippen LogP contribution is -2.61. The van der Waals surface area contributed by atoms with Crippen molar-refractivity contribution >= 4 is 68.4 Å². The van der Waals surface area contributed by atoms with Crippen molar-refractivity contribution in [3.63, 3.8) is 0 Å². The first-order chi connectivity index (χ1) is 33.7. The van der Waals surface area contributed by atoms with Crippen molar-refractivity contribution in [2.75, 3.05) is 9.80 Å². The highest BCUT2D eigenvalue weighted by atomic mass is 16.4. The summed E-state index contributed by atoms with van der Waals surface area (Å²) in [4.78, 5) is 5.18. The van der Waals surface area contributed by atoms with Crippen LogP contribution in [0.4, 0.5) is 34.3 Å². The van der Waals surface area contributed by atoms with Crippen LogP contribution in [0.3, 0.4) is 0 Å². The van der Waals surface area contributed by atoms with Crippen molar-refractivity contribution in [3.05, 3.63) is 173 Å². The Morgan fingerprint density at radius 2 is 0.917 bits per heavy atom. The van der Waals surface area contributed by atoms with Gasteiger partial charge in [-0.15, -0.1) is 0 Å². The quantitative estimate of drug-likeness (QED) is 0.164. The van der Waals surface area contributed by atoms with Crippen molar-refractivity contribution in [2.45, 2.75) is 156 Å². The Morgan fingerprint density at radius 3 is 1.43 bits per heavy atom. The van der Waals surface area contributed by atoms with Gasteiger partial charge in [-0.25, -0.2) is 0 Å². The third-order valence-corrected chi connectivity index (χ3v) is 16.8. The summed E-state index contributed by atoms with van der Waals surface area (Å²) in [5.41, 5.74) is 23.3. The maximum absolute atomic E-state index is 7.60. The lowest BCUT2D eigenvalue weighted by molar-refractivity contribution is 0.332. The molecular formula is C68H75BN2O. The number of hydrogen-bond acceptors (Lipinski definition) is 3. The van der Waals surface area contributed by atoms with Crippen LogP contribution in [-0.4, -0.2) is 6.71 Å². The highest BCUT2D eigenvalue weighted by Crippen LogP contribution is 2.54. The SMILES string of the molecule is CC(C)(C)c1ccc(N2c3cc(C(C)(C)C)cc4c3B(c3cc(C(C)(C)C)ccc3N4c3c(-c4ccccc4)cc(C(C)(C)C)cc3-c3ccccc3)c3c2oc2cc4c(cc32)C(C)(C)CCC4(C)C)cc1. The summed E-state index contributed by atoms with van der Waals surface area (Å²) >= 11 is 0. The molecule has 0 atom stereocenters. The molecule has 3 heterocycles. The number of rotatable bonds is 4. The normalized spacial score (nSPS) is 16.1. The second-order valence-corrected chi connectivity index (χ2v) is 27.0. The van der Waals surface area contributed by atoms with Gasteiger partial charge < -0.3 is 9.32 Å². The summed E-state index contributed by atoms with van der Waals surface area (Å²) < 4.78 is 7.60. The molecule has 0 saturated carbocycles. The van der Waals surface area contributed by atoms with E-state index in [0.29, 0.717) is 0 Å². The fraction of sp³-hybridized carbons (Fsp3) is 0.353. The van der Waals surface area contributed by atoms with Crippen molar-refractivity contribution in [1.29, 1.82) is 0 Å². The molecule has 0 fully saturated rings. The van der Waals surface area contributed by atoms with Crippen LogP contribution in [0.5, 0.6) is 0 Å². The first-order valence-electron chi connectivity index (χ1n) is 26.7. The molecule has 11 rings (SSSR count). The van der Waals surface area contributed by atoms with Crippen molar-refractivity contribution in [3.8, 4) is 22.3 Å². The summed E-state index contributed by atoms with van der Waals surface area (Å²) in [6.07, 6.45) is 2.29. The number of anilines is 6. The molecule has 366 valence electrons. The molecule has 4 heteroatoms. The highest BCUT2D eigenvalue weighted by molar-refractivity contribution is 7.01. The van der Waals surface area contributed by atoms with Gasteiger partial charge in [-0.1, -0.05) is 196 Å². The van der Waals surface area contributed by atoms with Crippen LogP contribution >= 0.6 is 0 Å². The lowest BCUT2D eigenvalue weighted by atomic mass is 9.33. The van der Waals surface area contributed by atoms with Gasteiger partial charge in [-0.05, 0) is 155 Å². The van der Waals surface area contributed by atoms with E-state index in [2.05, 4.69) is 260 Å². The smallest absolute Gasteiger partial charge is 0.257 e. The molecule has 1 aromatic heterocycles. The van der Waals surface area contributed by atoms with E-state index in [-0.39, 0.29) is 39.2 Å². The molecule has 0 bridgehead atoms. The number of nitrogens with zero attached hydrogens (tertiary/aromatic N) is 2. The summed E-state index contributed by atoms with van der Waals surface area (Å²) in [7, 11) is 0. The Hall–Kier alpha value is -6.26. The number of hydrogen-bond donors (Lipinski definition) is 0. The maximum Gasteiger partial charge on any atom is 0.257 e. The predicted molar refractivity (Wildman–Crippen MR) is 311 cm³/mol. The molecule has 3 nitrogen and oxygen atoms in total.